The molecule has 1 heterocycles. The van der Waals surface area contributed by atoms with Crippen molar-refractivity contribution in [3.05, 3.63) is 91.7 Å². The number of carboxylic acid groups (broad SMARTS) is 1. The standard InChI is InChI=1S/C27H23Cl3FNO5/c1-27(11-15-3-6-20(29)22(31)8-15)12-18-9-17(10-23(36-2)25(18)37-27)26(35)32(14-24(33)34)13-16-4-5-19(28)21(30)7-16/h3-10H,11-14H2,1-2H3,(H,33,34). The molecule has 0 radical (unpaired) electrons. The van der Waals surface area contributed by atoms with Crippen LogP contribution in [0, 0.1) is 5.82 Å². The number of nitrogens with zero attached hydrogens (tertiary/aromatic N) is 1. The summed E-state index contributed by atoms with van der Waals surface area (Å²) in [5.41, 5.74) is 1.59. The fourth-order valence-corrected chi connectivity index (χ4v) is 4.89. The van der Waals surface area contributed by atoms with Crippen LogP contribution in [0.2, 0.25) is 15.1 Å². The van der Waals surface area contributed by atoms with Crippen LogP contribution in [0.4, 0.5) is 4.39 Å². The van der Waals surface area contributed by atoms with E-state index >= 15 is 0 Å². The predicted molar refractivity (Wildman–Crippen MR) is 140 cm³/mol. The minimum atomic E-state index is -1.16. The van der Waals surface area contributed by atoms with Crippen LogP contribution in [0.5, 0.6) is 11.5 Å². The number of halogens is 4. The number of carboxylic acids is 1. The molecule has 3 aromatic rings. The summed E-state index contributed by atoms with van der Waals surface area (Å²) in [4.78, 5) is 26.2. The number of aliphatic carboxylic acids is 1. The Labute approximate surface area is 228 Å². The first-order valence-electron chi connectivity index (χ1n) is 11.3. The molecule has 1 aliphatic heterocycles. The number of carbonyl (C=O) groups excluding carboxylic acids is 1. The van der Waals surface area contributed by atoms with Gasteiger partial charge in [0.25, 0.3) is 5.91 Å². The van der Waals surface area contributed by atoms with E-state index in [1.807, 2.05) is 6.92 Å². The summed E-state index contributed by atoms with van der Waals surface area (Å²) < 4.78 is 25.7. The first kappa shape index (κ1) is 27.0. The predicted octanol–water partition coefficient (Wildman–Crippen LogP) is 6.46. The lowest BCUT2D eigenvalue weighted by atomic mass is 9.91. The summed E-state index contributed by atoms with van der Waals surface area (Å²) in [6, 6.07) is 12.7. The second kappa shape index (κ2) is 10.8. The van der Waals surface area contributed by atoms with Crippen LogP contribution in [0.15, 0.2) is 48.5 Å². The van der Waals surface area contributed by atoms with Gasteiger partial charge in [-0.25, -0.2) is 4.39 Å². The second-order valence-corrected chi connectivity index (χ2v) is 10.3. The zero-order chi connectivity index (χ0) is 26.9. The monoisotopic (exact) mass is 565 g/mol. The third kappa shape index (κ3) is 6.12. The van der Waals surface area contributed by atoms with Gasteiger partial charge in [-0.05, 0) is 54.4 Å². The molecule has 37 heavy (non-hydrogen) atoms. The molecule has 1 unspecified atom stereocenters. The van der Waals surface area contributed by atoms with Crippen LogP contribution in [0.25, 0.3) is 0 Å². The van der Waals surface area contributed by atoms with Crippen molar-refractivity contribution in [2.24, 2.45) is 0 Å². The Balaban J connectivity index is 1.61. The van der Waals surface area contributed by atoms with Crippen LogP contribution in [0.1, 0.15) is 34.0 Å². The van der Waals surface area contributed by atoms with Crippen molar-refractivity contribution in [1.29, 1.82) is 0 Å². The first-order valence-corrected chi connectivity index (χ1v) is 12.4. The molecule has 0 aromatic heterocycles. The van der Waals surface area contributed by atoms with Crippen molar-refractivity contribution >= 4 is 46.7 Å². The summed E-state index contributed by atoms with van der Waals surface area (Å²) in [7, 11) is 1.46. The average Bonchev–Trinajstić information content (AvgIpc) is 3.17. The van der Waals surface area contributed by atoms with E-state index in [4.69, 9.17) is 44.3 Å². The Morgan fingerprint density at radius 1 is 1.05 bits per heavy atom. The highest BCUT2D eigenvalue weighted by Crippen LogP contribution is 2.44. The van der Waals surface area contributed by atoms with Gasteiger partial charge in [-0.15, -0.1) is 0 Å². The van der Waals surface area contributed by atoms with Gasteiger partial charge in [0.1, 0.15) is 18.0 Å². The van der Waals surface area contributed by atoms with E-state index in [0.717, 1.165) is 5.56 Å². The molecule has 0 bridgehead atoms. The molecule has 1 atom stereocenters. The lowest BCUT2D eigenvalue weighted by Crippen LogP contribution is -2.35. The molecule has 1 N–H and O–H groups in total. The Morgan fingerprint density at radius 3 is 2.41 bits per heavy atom. The zero-order valence-electron chi connectivity index (χ0n) is 20.0. The topological polar surface area (TPSA) is 76.1 Å². The average molecular weight is 567 g/mol. The van der Waals surface area contributed by atoms with Crippen LogP contribution in [-0.2, 0) is 24.2 Å². The van der Waals surface area contributed by atoms with Gasteiger partial charge < -0.3 is 19.5 Å². The van der Waals surface area contributed by atoms with Gasteiger partial charge in [0.15, 0.2) is 11.5 Å². The minimum absolute atomic E-state index is 0.0117. The van der Waals surface area contributed by atoms with Gasteiger partial charge in [-0.3, -0.25) is 9.59 Å². The fraction of sp³-hybridized carbons (Fsp3) is 0.259. The van der Waals surface area contributed by atoms with E-state index < -0.39 is 29.8 Å². The number of amides is 1. The molecule has 3 aromatic carbocycles. The number of hydrogen-bond acceptors (Lipinski definition) is 4. The first-order chi connectivity index (χ1) is 17.5. The smallest absolute Gasteiger partial charge is 0.323 e. The van der Waals surface area contributed by atoms with Crippen molar-refractivity contribution in [3.8, 4) is 11.5 Å². The molecule has 0 spiro atoms. The highest BCUT2D eigenvalue weighted by molar-refractivity contribution is 6.42. The van der Waals surface area contributed by atoms with Crippen molar-refractivity contribution in [1.82, 2.24) is 4.90 Å². The fourth-order valence-electron chi connectivity index (χ4n) is 4.45. The molecule has 4 rings (SSSR count). The number of hydrogen-bond donors (Lipinski definition) is 1. The normalized spacial score (nSPS) is 16.2. The van der Waals surface area contributed by atoms with E-state index in [2.05, 4.69) is 0 Å². The third-order valence-corrected chi connectivity index (χ3v) is 7.09. The Kier molecular flexibility index (Phi) is 7.88. The molecule has 10 heteroatoms. The highest BCUT2D eigenvalue weighted by Gasteiger charge is 2.38. The summed E-state index contributed by atoms with van der Waals surface area (Å²) in [6.07, 6.45) is 0.820. The van der Waals surface area contributed by atoms with E-state index in [0.29, 0.717) is 45.5 Å². The van der Waals surface area contributed by atoms with Crippen molar-refractivity contribution in [2.45, 2.75) is 31.9 Å². The molecule has 6 nitrogen and oxygen atoms in total. The van der Waals surface area contributed by atoms with E-state index in [1.165, 1.54) is 30.2 Å². The molecule has 1 amide bonds. The van der Waals surface area contributed by atoms with Gasteiger partial charge >= 0.3 is 5.97 Å². The molecule has 0 saturated heterocycles. The second-order valence-electron chi connectivity index (χ2n) is 9.12. The number of fused-ring (bicyclic) bond motifs is 1. The maximum Gasteiger partial charge on any atom is 0.323 e. The Hall–Kier alpha value is -3.00. The Bertz CT molecular complexity index is 1380. The molecule has 194 valence electrons. The lowest BCUT2D eigenvalue weighted by molar-refractivity contribution is -0.137. The molecule has 1 aliphatic rings. The number of benzene rings is 3. The van der Waals surface area contributed by atoms with Crippen molar-refractivity contribution < 1.29 is 28.6 Å². The number of methoxy groups -OCH3 is 1. The maximum absolute atomic E-state index is 14.0. The summed E-state index contributed by atoms with van der Waals surface area (Å²) in [5, 5.41) is 10.1. The van der Waals surface area contributed by atoms with Crippen molar-refractivity contribution in [3.63, 3.8) is 0 Å². The molecular weight excluding hydrogens is 544 g/mol. The SMILES string of the molecule is COc1cc(C(=O)N(CC(=O)O)Cc2ccc(Cl)c(Cl)c2)cc2c1OC(C)(Cc1ccc(Cl)c(F)c1)C2. The van der Waals surface area contributed by atoms with E-state index in [1.54, 1.807) is 30.3 Å². The lowest BCUT2D eigenvalue weighted by Gasteiger charge is -2.24. The maximum atomic E-state index is 14.0. The van der Waals surface area contributed by atoms with Gasteiger partial charge in [-0.2, -0.15) is 0 Å². The minimum Gasteiger partial charge on any atom is -0.493 e. The number of ether oxygens (including phenoxy) is 2. The zero-order valence-corrected chi connectivity index (χ0v) is 22.3. The molecular formula is C27H23Cl3FNO5. The van der Waals surface area contributed by atoms with Gasteiger partial charge in [-0.1, -0.05) is 46.9 Å². The van der Waals surface area contributed by atoms with Gasteiger partial charge in [0.2, 0.25) is 0 Å². The van der Waals surface area contributed by atoms with Crippen molar-refractivity contribution in [2.75, 3.05) is 13.7 Å². The van der Waals surface area contributed by atoms with Crippen LogP contribution < -0.4 is 9.47 Å². The van der Waals surface area contributed by atoms with E-state index in [9.17, 15) is 19.1 Å². The summed E-state index contributed by atoms with van der Waals surface area (Å²) >= 11 is 17.9. The van der Waals surface area contributed by atoms with Crippen LogP contribution >= 0.6 is 34.8 Å². The summed E-state index contributed by atoms with van der Waals surface area (Å²) in [5.74, 6) is -1.33. The molecule has 0 fully saturated rings. The Morgan fingerprint density at radius 2 is 1.76 bits per heavy atom. The number of carbonyl (C=O) groups is 2. The van der Waals surface area contributed by atoms with Gasteiger partial charge in [0.05, 0.1) is 22.2 Å². The van der Waals surface area contributed by atoms with Crippen LogP contribution in [0.3, 0.4) is 0 Å². The van der Waals surface area contributed by atoms with Gasteiger partial charge in [0, 0.05) is 30.5 Å². The molecule has 0 saturated carbocycles. The van der Waals surface area contributed by atoms with Crippen LogP contribution in [-0.4, -0.2) is 41.1 Å². The summed E-state index contributed by atoms with van der Waals surface area (Å²) in [6.45, 7) is 1.38. The third-order valence-electron chi connectivity index (χ3n) is 6.04. The van der Waals surface area contributed by atoms with E-state index in [-0.39, 0.29) is 17.1 Å². The highest BCUT2D eigenvalue weighted by atomic mass is 35.5. The quantitative estimate of drug-likeness (QED) is 0.339. The number of rotatable bonds is 8. The molecule has 0 aliphatic carbocycles. The largest absolute Gasteiger partial charge is 0.493 e.